The van der Waals surface area contributed by atoms with Crippen LogP contribution in [-0.2, 0) is 11.3 Å². The van der Waals surface area contributed by atoms with Crippen LogP contribution in [0.3, 0.4) is 0 Å². The number of carbonyl (C=O) groups is 1. The van der Waals surface area contributed by atoms with Crippen molar-refractivity contribution in [1.82, 2.24) is 4.90 Å². The summed E-state index contributed by atoms with van der Waals surface area (Å²) in [4.78, 5) is 14.5. The van der Waals surface area contributed by atoms with E-state index in [1.165, 1.54) is 0 Å². The van der Waals surface area contributed by atoms with Gasteiger partial charge in [-0.15, -0.1) is 0 Å². The van der Waals surface area contributed by atoms with Crippen molar-refractivity contribution < 1.29 is 9.53 Å². The van der Waals surface area contributed by atoms with E-state index in [9.17, 15) is 4.79 Å². The summed E-state index contributed by atoms with van der Waals surface area (Å²) in [5.41, 5.74) is 8.19. The minimum absolute atomic E-state index is 0.00826. The van der Waals surface area contributed by atoms with Crippen molar-refractivity contribution in [2.45, 2.75) is 12.6 Å². The molecular formula is C18H19ClN2O2. The molecule has 2 aromatic rings. The van der Waals surface area contributed by atoms with Crippen LogP contribution >= 0.6 is 11.6 Å². The van der Waals surface area contributed by atoms with E-state index in [4.69, 9.17) is 22.1 Å². The molecule has 2 N–H and O–H groups in total. The molecule has 3 rings (SSSR count). The van der Waals surface area contributed by atoms with Crippen LogP contribution in [0.2, 0.25) is 5.02 Å². The van der Waals surface area contributed by atoms with E-state index in [1.54, 1.807) is 0 Å². The number of amides is 1. The quantitative estimate of drug-likeness (QED) is 0.941. The number of ether oxygens (including phenoxy) is 1. The molecule has 0 aliphatic carbocycles. The predicted octanol–water partition coefficient (Wildman–Crippen LogP) is 3.01. The third kappa shape index (κ3) is 3.55. The van der Waals surface area contributed by atoms with E-state index < -0.39 is 0 Å². The first-order valence-corrected chi connectivity index (χ1v) is 8.01. The highest BCUT2D eigenvalue weighted by atomic mass is 35.5. The molecule has 1 heterocycles. The summed E-state index contributed by atoms with van der Waals surface area (Å²) in [6, 6.07) is 15.0. The Morgan fingerprint density at radius 3 is 2.65 bits per heavy atom. The summed E-state index contributed by atoms with van der Waals surface area (Å²) in [5.74, 6) is 0.00826. The summed E-state index contributed by atoms with van der Waals surface area (Å²) >= 11 is 6.24. The molecule has 23 heavy (non-hydrogen) atoms. The SMILES string of the molecule is NCc1ccc(C(=O)N2CCO[C@H](c3ccccc3Cl)C2)cc1. The molecule has 4 nitrogen and oxygen atoms in total. The number of hydrogen-bond acceptors (Lipinski definition) is 3. The van der Waals surface area contributed by atoms with Crippen molar-refractivity contribution in [3.8, 4) is 0 Å². The Kier molecular flexibility index (Phi) is 4.96. The number of morpholine rings is 1. The zero-order valence-corrected chi connectivity index (χ0v) is 13.5. The zero-order valence-electron chi connectivity index (χ0n) is 12.7. The van der Waals surface area contributed by atoms with Crippen LogP contribution in [0.5, 0.6) is 0 Å². The summed E-state index contributed by atoms with van der Waals surface area (Å²) in [7, 11) is 0. The van der Waals surface area contributed by atoms with Gasteiger partial charge in [0.2, 0.25) is 0 Å². The lowest BCUT2D eigenvalue weighted by Crippen LogP contribution is -2.42. The molecule has 0 radical (unpaired) electrons. The second kappa shape index (κ2) is 7.13. The maximum Gasteiger partial charge on any atom is 0.254 e. The first-order chi connectivity index (χ1) is 11.2. The summed E-state index contributed by atoms with van der Waals surface area (Å²) in [6.45, 7) is 2.06. The van der Waals surface area contributed by atoms with Crippen molar-refractivity contribution in [3.05, 3.63) is 70.2 Å². The fourth-order valence-corrected chi connectivity index (χ4v) is 2.98. The van der Waals surface area contributed by atoms with E-state index in [0.717, 1.165) is 11.1 Å². The van der Waals surface area contributed by atoms with Gasteiger partial charge in [-0.05, 0) is 23.8 Å². The minimum atomic E-state index is -0.190. The average Bonchev–Trinajstić information content (AvgIpc) is 2.62. The van der Waals surface area contributed by atoms with Gasteiger partial charge in [-0.3, -0.25) is 4.79 Å². The Hall–Kier alpha value is -1.88. The van der Waals surface area contributed by atoms with Crippen LogP contribution in [0.4, 0.5) is 0 Å². The third-order valence-corrected chi connectivity index (χ3v) is 4.39. The highest BCUT2D eigenvalue weighted by molar-refractivity contribution is 6.31. The predicted molar refractivity (Wildman–Crippen MR) is 90.4 cm³/mol. The number of benzene rings is 2. The van der Waals surface area contributed by atoms with E-state index in [0.29, 0.717) is 36.8 Å². The monoisotopic (exact) mass is 330 g/mol. The minimum Gasteiger partial charge on any atom is -0.370 e. The van der Waals surface area contributed by atoms with Gasteiger partial charge in [-0.25, -0.2) is 0 Å². The van der Waals surface area contributed by atoms with Gasteiger partial charge in [0.05, 0.1) is 13.2 Å². The molecular weight excluding hydrogens is 312 g/mol. The second-order valence-electron chi connectivity index (χ2n) is 5.53. The Balaban J connectivity index is 1.75. The molecule has 1 atom stereocenters. The molecule has 5 heteroatoms. The smallest absolute Gasteiger partial charge is 0.254 e. The van der Waals surface area contributed by atoms with Crippen molar-refractivity contribution in [3.63, 3.8) is 0 Å². The van der Waals surface area contributed by atoms with Crippen LogP contribution in [-0.4, -0.2) is 30.5 Å². The van der Waals surface area contributed by atoms with Gasteiger partial charge < -0.3 is 15.4 Å². The van der Waals surface area contributed by atoms with E-state index in [1.807, 2.05) is 53.4 Å². The van der Waals surface area contributed by atoms with Crippen LogP contribution in [0, 0.1) is 0 Å². The fraction of sp³-hybridized carbons (Fsp3) is 0.278. The molecule has 0 unspecified atom stereocenters. The Bertz CT molecular complexity index is 688. The van der Waals surface area contributed by atoms with Crippen LogP contribution < -0.4 is 5.73 Å². The molecule has 0 bridgehead atoms. The topological polar surface area (TPSA) is 55.6 Å². The summed E-state index contributed by atoms with van der Waals surface area (Å²) in [6.07, 6.45) is -0.190. The van der Waals surface area contributed by atoms with Crippen molar-refractivity contribution in [2.75, 3.05) is 19.7 Å². The Morgan fingerprint density at radius 1 is 1.22 bits per heavy atom. The molecule has 1 saturated heterocycles. The third-order valence-electron chi connectivity index (χ3n) is 4.04. The summed E-state index contributed by atoms with van der Waals surface area (Å²) in [5, 5.41) is 0.666. The van der Waals surface area contributed by atoms with Gasteiger partial charge >= 0.3 is 0 Å². The number of hydrogen-bond donors (Lipinski definition) is 1. The van der Waals surface area contributed by atoms with Crippen molar-refractivity contribution >= 4 is 17.5 Å². The molecule has 1 aliphatic heterocycles. The molecule has 0 spiro atoms. The van der Waals surface area contributed by atoms with Crippen molar-refractivity contribution in [2.24, 2.45) is 5.73 Å². The molecule has 0 aromatic heterocycles. The number of nitrogens with zero attached hydrogens (tertiary/aromatic N) is 1. The molecule has 1 amide bonds. The zero-order chi connectivity index (χ0) is 16.2. The molecule has 120 valence electrons. The number of nitrogens with two attached hydrogens (primary N) is 1. The number of carbonyl (C=O) groups excluding carboxylic acids is 1. The number of rotatable bonds is 3. The van der Waals surface area contributed by atoms with Crippen LogP contribution in [0.15, 0.2) is 48.5 Å². The van der Waals surface area contributed by atoms with Crippen molar-refractivity contribution in [1.29, 1.82) is 0 Å². The second-order valence-corrected chi connectivity index (χ2v) is 5.94. The van der Waals surface area contributed by atoms with E-state index in [2.05, 4.69) is 0 Å². The van der Waals surface area contributed by atoms with E-state index in [-0.39, 0.29) is 12.0 Å². The Morgan fingerprint density at radius 2 is 1.96 bits per heavy atom. The first kappa shape index (κ1) is 16.0. The maximum atomic E-state index is 12.7. The largest absolute Gasteiger partial charge is 0.370 e. The molecule has 2 aromatic carbocycles. The number of halogens is 1. The first-order valence-electron chi connectivity index (χ1n) is 7.63. The highest BCUT2D eigenvalue weighted by Crippen LogP contribution is 2.28. The fourth-order valence-electron chi connectivity index (χ4n) is 2.72. The highest BCUT2D eigenvalue weighted by Gasteiger charge is 2.27. The van der Waals surface area contributed by atoms with Gasteiger partial charge in [0, 0.05) is 29.2 Å². The van der Waals surface area contributed by atoms with Gasteiger partial charge in [0.15, 0.2) is 0 Å². The van der Waals surface area contributed by atoms with Gasteiger partial charge in [-0.1, -0.05) is 41.9 Å². The van der Waals surface area contributed by atoms with Gasteiger partial charge in [-0.2, -0.15) is 0 Å². The molecule has 0 saturated carbocycles. The molecule has 1 fully saturated rings. The summed E-state index contributed by atoms with van der Waals surface area (Å²) < 4.78 is 5.80. The lowest BCUT2D eigenvalue weighted by molar-refractivity contribution is -0.0227. The lowest BCUT2D eigenvalue weighted by atomic mass is 10.1. The van der Waals surface area contributed by atoms with Gasteiger partial charge in [0.1, 0.15) is 6.10 Å². The maximum absolute atomic E-state index is 12.7. The van der Waals surface area contributed by atoms with Crippen LogP contribution in [0.1, 0.15) is 27.6 Å². The molecule has 1 aliphatic rings. The standard InChI is InChI=1S/C18H19ClN2O2/c19-16-4-2-1-3-15(16)17-12-21(9-10-23-17)18(22)14-7-5-13(11-20)6-8-14/h1-8,17H,9-12,20H2/t17-/m0/s1. The Labute approximate surface area is 140 Å². The normalized spacial score (nSPS) is 18.0. The van der Waals surface area contributed by atoms with Crippen LogP contribution in [0.25, 0.3) is 0 Å². The average molecular weight is 331 g/mol. The lowest BCUT2D eigenvalue weighted by Gasteiger charge is -2.33. The van der Waals surface area contributed by atoms with E-state index >= 15 is 0 Å². The van der Waals surface area contributed by atoms with Gasteiger partial charge in [0.25, 0.3) is 5.91 Å².